The van der Waals surface area contributed by atoms with Gasteiger partial charge in [0.1, 0.15) is 6.04 Å². The molecule has 158 valence electrons. The van der Waals surface area contributed by atoms with Crippen LogP contribution < -0.4 is 10.6 Å². The molecule has 0 saturated heterocycles. The minimum Gasteiger partial charge on any atom is -0.467 e. The first-order chi connectivity index (χ1) is 14.3. The number of hydrogen-bond acceptors (Lipinski definition) is 4. The van der Waals surface area contributed by atoms with Crippen molar-refractivity contribution in [3.05, 3.63) is 76.9 Å². The maximum absolute atomic E-state index is 12.4. The smallest absolute Gasteiger partial charge is 0.328 e. The van der Waals surface area contributed by atoms with Crippen LogP contribution in [0, 0.1) is 5.92 Å². The van der Waals surface area contributed by atoms with Gasteiger partial charge in [-0.3, -0.25) is 9.59 Å². The van der Waals surface area contributed by atoms with Crippen LogP contribution in [0.4, 0.5) is 0 Å². The minimum absolute atomic E-state index is 0.0944. The molecule has 0 aromatic heterocycles. The summed E-state index contributed by atoms with van der Waals surface area (Å²) in [6, 6.07) is 15.8. The summed E-state index contributed by atoms with van der Waals surface area (Å²) in [6.07, 6.45) is 1.83. The number of carbonyl (C=O) groups excluding carboxylic acids is 3. The Kier molecular flexibility index (Phi) is 8.35. The third-order valence-corrected chi connectivity index (χ3v) is 4.62. The van der Waals surface area contributed by atoms with Crippen LogP contribution in [-0.2, 0) is 20.9 Å². The van der Waals surface area contributed by atoms with Crippen molar-refractivity contribution < 1.29 is 19.1 Å². The first kappa shape index (κ1) is 22.9. The fourth-order valence-corrected chi connectivity index (χ4v) is 2.81. The summed E-state index contributed by atoms with van der Waals surface area (Å²) in [5.74, 6) is -1.07. The van der Waals surface area contributed by atoms with Gasteiger partial charge in [-0.15, -0.1) is 0 Å². The molecule has 0 aliphatic heterocycles. The molecule has 0 heterocycles. The number of carbonyl (C=O) groups is 3. The van der Waals surface area contributed by atoms with Crippen molar-refractivity contribution in [2.75, 3.05) is 7.11 Å². The molecule has 0 fully saturated rings. The predicted molar refractivity (Wildman–Crippen MR) is 116 cm³/mol. The Morgan fingerprint density at radius 1 is 1.00 bits per heavy atom. The minimum atomic E-state index is -0.708. The number of rotatable bonds is 8. The Bertz CT molecular complexity index is 903. The Morgan fingerprint density at radius 3 is 2.20 bits per heavy atom. The number of ether oxygens (including phenoxy) is 1. The van der Waals surface area contributed by atoms with Gasteiger partial charge in [0.05, 0.1) is 7.11 Å². The SMILES string of the molecule is COC(=O)[C@@H](NC(=O)c1ccc(CNC(=O)/C(C)=C/c2ccccc2)cc1)C(C)C. The molecule has 0 radical (unpaired) electrons. The van der Waals surface area contributed by atoms with Crippen LogP contribution in [0.2, 0.25) is 0 Å². The van der Waals surface area contributed by atoms with Gasteiger partial charge in [0.25, 0.3) is 5.91 Å². The number of esters is 1. The predicted octanol–water partition coefficient (Wildman–Crippen LogP) is 3.33. The van der Waals surface area contributed by atoms with Crippen LogP contribution in [0.5, 0.6) is 0 Å². The van der Waals surface area contributed by atoms with Crippen LogP contribution in [0.25, 0.3) is 6.08 Å². The second kappa shape index (κ2) is 11.0. The number of amides is 2. The molecule has 6 nitrogen and oxygen atoms in total. The molecule has 0 aliphatic rings. The molecule has 2 amide bonds. The summed E-state index contributed by atoms with van der Waals surface area (Å²) in [5.41, 5.74) is 2.87. The van der Waals surface area contributed by atoms with Crippen molar-refractivity contribution in [3.63, 3.8) is 0 Å². The van der Waals surface area contributed by atoms with E-state index in [-0.39, 0.29) is 17.7 Å². The molecule has 0 aliphatic carbocycles. The zero-order valence-corrected chi connectivity index (χ0v) is 17.8. The lowest BCUT2D eigenvalue weighted by Crippen LogP contribution is -2.45. The van der Waals surface area contributed by atoms with E-state index < -0.39 is 12.0 Å². The molecule has 2 aromatic carbocycles. The number of methoxy groups -OCH3 is 1. The summed E-state index contributed by atoms with van der Waals surface area (Å²) in [7, 11) is 1.30. The van der Waals surface area contributed by atoms with Crippen LogP contribution in [0.3, 0.4) is 0 Å². The highest BCUT2D eigenvalue weighted by atomic mass is 16.5. The van der Waals surface area contributed by atoms with Gasteiger partial charge >= 0.3 is 5.97 Å². The van der Waals surface area contributed by atoms with Gasteiger partial charge < -0.3 is 15.4 Å². The van der Waals surface area contributed by atoms with Crippen LogP contribution in [0.1, 0.15) is 42.3 Å². The Hall–Kier alpha value is -3.41. The Balaban J connectivity index is 1.94. The summed E-state index contributed by atoms with van der Waals surface area (Å²) < 4.78 is 4.74. The normalized spacial score (nSPS) is 12.2. The number of hydrogen-bond donors (Lipinski definition) is 2. The van der Waals surface area contributed by atoms with E-state index in [9.17, 15) is 14.4 Å². The maximum Gasteiger partial charge on any atom is 0.328 e. The van der Waals surface area contributed by atoms with E-state index in [0.717, 1.165) is 11.1 Å². The summed E-state index contributed by atoms with van der Waals surface area (Å²) >= 11 is 0. The molecule has 2 rings (SSSR count). The zero-order valence-electron chi connectivity index (χ0n) is 17.8. The highest BCUT2D eigenvalue weighted by molar-refractivity contribution is 5.97. The van der Waals surface area contributed by atoms with E-state index in [4.69, 9.17) is 4.74 Å². The molecule has 0 saturated carbocycles. The number of nitrogens with one attached hydrogen (secondary N) is 2. The zero-order chi connectivity index (χ0) is 22.1. The molecule has 0 spiro atoms. The lowest BCUT2D eigenvalue weighted by atomic mass is 10.0. The highest BCUT2D eigenvalue weighted by Crippen LogP contribution is 2.10. The van der Waals surface area contributed by atoms with E-state index in [1.807, 2.05) is 50.3 Å². The summed E-state index contributed by atoms with van der Waals surface area (Å²) in [4.78, 5) is 36.5. The maximum atomic E-state index is 12.4. The fraction of sp³-hybridized carbons (Fsp3) is 0.292. The number of benzene rings is 2. The molecule has 2 N–H and O–H groups in total. The van der Waals surface area contributed by atoms with Gasteiger partial charge in [0.15, 0.2) is 0 Å². The summed E-state index contributed by atoms with van der Waals surface area (Å²) in [5, 5.41) is 5.57. The van der Waals surface area contributed by atoms with Crippen LogP contribution in [0.15, 0.2) is 60.2 Å². The lowest BCUT2D eigenvalue weighted by molar-refractivity contribution is -0.144. The second-order valence-corrected chi connectivity index (χ2v) is 7.34. The monoisotopic (exact) mass is 408 g/mol. The molecule has 1 atom stereocenters. The third-order valence-electron chi connectivity index (χ3n) is 4.62. The average molecular weight is 408 g/mol. The van der Waals surface area contributed by atoms with Crippen LogP contribution in [-0.4, -0.2) is 30.9 Å². The quantitative estimate of drug-likeness (QED) is 0.518. The Morgan fingerprint density at radius 2 is 1.63 bits per heavy atom. The molecule has 30 heavy (non-hydrogen) atoms. The van der Waals surface area contributed by atoms with Crippen molar-refractivity contribution in [2.24, 2.45) is 5.92 Å². The van der Waals surface area contributed by atoms with E-state index >= 15 is 0 Å². The van der Waals surface area contributed by atoms with Crippen molar-refractivity contribution in [2.45, 2.75) is 33.4 Å². The first-order valence-corrected chi connectivity index (χ1v) is 9.81. The molecule has 0 unspecified atom stereocenters. The topological polar surface area (TPSA) is 84.5 Å². The summed E-state index contributed by atoms with van der Waals surface area (Å²) in [6.45, 7) is 5.78. The van der Waals surface area contributed by atoms with Crippen molar-refractivity contribution >= 4 is 23.9 Å². The average Bonchev–Trinajstić information content (AvgIpc) is 2.75. The third kappa shape index (κ3) is 6.58. The lowest BCUT2D eigenvalue weighted by Gasteiger charge is -2.19. The van der Waals surface area contributed by atoms with E-state index in [2.05, 4.69) is 10.6 Å². The van der Waals surface area contributed by atoms with Gasteiger partial charge in [0, 0.05) is 17.7 Å². The molecular weight excluding hydrogens is 380 g/mol. The van der Waals surface area contributed by atoms with Crippen molar-refractivity contribution in [3.8, 4) is 0 Å². The van der Waals surface area contributed by atoms with Gasteiger partial charge in [0.2, 0.25) is 5.91 Å². The van der Waals surface area contributed by atoms with Gasteiger partial charge in [-0.2, -0.15) is 0 Å². The Labute approximate surface area is 177 Å². The standard InChI is InChI=1S/C24H28N2O4/c1-16(2)21(24(29)30-4)26-23(28)20-12-10-19(11-13-20)15-25-22(27)17(3)14-18-8-6-5-7-9-18/h5-14,16,21H,15H2,1-4H3,(H,25,27)(H,26,28)/b17-14+/t21-/m0/s1. The first-order valence-electron chi connectivity index (χ1n) is 9.81. The molecular formula is C24H28N2O4. The van der Waals surface area contributed by atoms with E-state index in [1.165, 1.54) is 7.11 Å². The van der Waals surface area contributed by atoms with E-state index in [1.54, 1.807) is 31.2 Å². The van der Waals surface area contributed by atoms with Gasteiger partial charge in [-0.25, -0.2) is 4.79 Å². The molecule has 2 aromatic rings. The van der Waals surface area contributed by atoms with Crippen LogP contribution >= 0.6 is 0 Å². The highest BCUT2D eigenvalue weighted by Gasteiger charge is 2.25. The fourth-order valence-electron chi connectivity index (χ4n) is 2.81. The van der Waals surface area contributed by atoms with Gasteiger partial charge in [-0.05, 0) is 42.2 Å². The van der Waals surface area contributed by atoms with E-state index in [0.29, 0.717) is 17.7 Å². The largest absolute Gasteiger partial charge is 0.467 e. The second-order valence-electron chi connectivity index (χ2n) is 7.34. The molecule has 0 bridgehead atoms. The molecule has 6 heteroatoms. The van der Waals surface area contributed by atoms with Crippen molar-refractivity contribution in [1.29, 1.82) is 0 Å². The van der Waals surface area contributed by atoms with Crippen molar-refractivity contribution in [1.82, 2.24) is 10.6 Å². The van der Waals surface area contributed by atoms with Gasteiger partial charge in [-0.1, -0.05) is 56.3 Å².